The zero-order valence-corrected chi connectivity index (χ0v) is 18.5. The molecule has 11 heteroatoms. The fourth-order valence-corrected chi connectivity index (χ4v) is 4.70. The molecule has 2 heterocycles. The topological polar surface area (TPSA) is 141 Å². The van der Waals surface area contributed by atoms with Crippen LogP contribution in [0.1, 0.15) is 5.56 Å². The van der Waals surface area contributed by atoms with Crippen LogP contribution in [-0.2, 0) is 14.8 Å². The van der Waals surface area contributed by atoms with Gasteiger partial charge in [-0.1, -0.05) is 30.3 Å². The Morgan fingerprint density at radius 3 is 2.55 bits per heavy atom. The second-order valence-corrected chi connectivity index (χ2v) is 9.23. The normalized spacial score (nSPS) is 11.5. The van der Waals surface area contributed by atoms with Crippen LogP contribution >= 0.6 is 11.3 Å². The molecule has 0 fully saturated rings. The Balaban J connectivity index is 1.50. The number of carbonyl (C=O) groups excluding carboxylic acids is 1. The molecule has 4 rings (SSSR count). The Morgan fingerprint density at radius 2 is 1.88 bits per heavy atom. The van der Waals surface area contributed by atoms with Gasteiger partial charge in [-0.2, -0.15) is 10.4 Å². The summed E-state index contributed by atoms with van der Waals surface area (Å²) < 4.78 is 27.2. The van der Waals surface area contributed by atoms with E-state index < -0.39 is 15.9 Å². The Morgan fingerprint density at radius 1 is 1.12 bits per heavy atom. The molecule has 3 N–H and O–H groups in total. The molecule has 0 aliphatic carbocycles. The molecule has 0 aliphatic rings. The van der Waals surface area contributed by atoms with E-state index in [2.05, 4.69) is 25.2 Å². The summed E-state index contributed by atoms with van der Waals surface area (Å²) in [7, 11) is -3.80. The lowest BCUT2D eigenvalue weighted by Gasteiger charge is -2.08. The van der Waals surface area contributed by atoms with Crippen molar-refractivity contribution in [1.82, 2.24) is 15.2 Å². The number of sulfonamides is 1. The summed E-state index contributed by atoms with van der Waals surface area (Å²) >= 11 is 1.16. The number of H-pyrrole nitrogens is 1. The maximum atomic E-state index is 12.6. The largest absolute Gasteiger partial charge is 0.321 e. The number of hydrogen-bond acceptors (Lipinski definition) is 7. The summed E-state index contributed by atoms with van der Waals surface area (Å²) in [5, 5.41) is 20.9. The molecule has 1 amide bonds. The average molecular weight is 477 g/mol. The van der Waals surface area contributed by atoms with Gasteiger partial charge in [-0.15, -0.1) is 11.3 Å². The maximum absolute atomic E-state index is 12.6. The molecule has 0 saturated carbocycles. The van der Waals surface area contributed by atoms with E-state index in [4.69, 9.17) is 0 Å². The fraction of sp³-hybridized carbons (Fsp3) is 0. The molecular formula is C22H16N6O3S2. The van der Waals surface area contributed by atoms with Gasteiger partial charge < -0.3 is 5.32 Å². The van der Waals surface area contributed by atoms with Crippen LogP contribution in [0.4, 0.5) is 10.8 Å². The highest BCUT2D eigenvalue weighted by Crippen LogP contribution is 2.23. The number of carbonyl (C=O) groups is 1. The molecule has 2 aromatic carbocycles. The summed E-state index contributed by atoms with van der Waals surface area (Å²) in [6.45, 7) is 0. The summed E-state index contributed by atoms with van der Waals surface area (Å²) in [5.74, 6) is -0.630. The molecule has 0 spiro atoms. The maximum Gasteiger partial charge on any atom is 0.266 e. The van der Waals surface area contributed by atoms with E-state index in [0.29, 0.717) is 16.9 Å². The van der Waals surface area contributed by atoms with E-state index in [9.17, 15) is 18.5 Å². The van der Waals surface area contributed by atoms with Gasteiger partial charge in [0.05, 0.1) is 16.8 Å². The first kappa shape index (κ1) is 21.9. The monoisotopic (exact) mass is 476 g/mol. The second-order valence-electron chi connectivity index (χ2n) is 6.66. The minimum Gasteiger partial charge on any atom is -0.321 e. The van der Waals surface area contributed by atoms with Gasteiger partial charge in [-0.25, -0.2) is 13.4 Å². The van der Waals surface area contributed by atoms with Crippen molar-refractivity contribution in [3.05, 3.63) is 83.5 Å². The number of aromatic amines is 1. The fourth-order valence-electron chi connectivity index (χ4n) is 2.91. The molecule has 0 aliphatic heterocycles. The predicted molar refractivity (Wildman–Crippen MR) is 126 cm³/mol. The third-order valence-electron chi connectivity index (χ3n) is 4.47. The van der Waals surface area contributed by atoms with Gasteiger partial charge in [0.25, 0.3) is 15.9 Å². The van der Waals surface area contributed by atoms with Crippen LogP contribution < -0.4 is 10.0 Å². The number of nitrogens with one attached hydrogen (secondary N) is 3. The number of anilines is 2. The van der Waals surface area contributed by atoms with Gasteiger partial charge in [-0.3, -0.25) is 14.6 Å². The smallest absolute Gasteiger partial charge is 0.266 e. The van der Waals surface area contributed by atoms with E-state index >= 15 is 0 Å². The van der Waals surface area contributed by atoms with Gasteiger partial charge in [0.15, 0.2) is 5.13 Å². The second kappa shape index (κ2) is 9.47. The highest BCUT2D eigenvalue weighted by molar-refractivity contribution is 7.93. The van der Waals surface area contributed by atoms with Crippen molar-refractivity contribution in [2.75, 3.05) is 10.0 Å². The molecule has 2 aromatic heterocycles. The highest BCUT2D eigenvalue weighted by atomic mass is 32.2. The number of rotatable bonds is 7. The van der Waals surface area contributed by atoms with Crippen molar-refractivity contribution in [2.24, 2.45) is 0 Å². The van der Waals surface area contributed by atoms with Crippen LogP contribution in [0.5, 0.6) is 0 Å². The first-order chi connectivity index (χ1) is 16.0. The van der Waals surface area contributed by atoms with Crippen molar-refractivity contribution in [2.45, 2.75) is 4.90 Å². The molecular weight excluding hydrogens is 460 g/mol. The molecule has 0 saturated heterocycles. The van der Waals surface area contributed by atoms with Crippen LogP contribution in [-0.4, -0.2) is 29.5 Å². The molecule has 164 valence electrons. The lowest BCUT2D eigenvalue weighted by molar-refractivity contribution is -0.112. The van der Waals surface area contributed by atoms with E-state index in [1.165, 1.54) is 42.7 Å². The summed E-state index contributed by atoms with van der Waals surface area (Å²) in [5.41, 5.74) is 2.34. The van der Waals surface area contributed by atoms with Gasteiger partial charge in [-0.05, 0) is 30.3 Å². The highest BCUT2D eigenvalue weighted by Gasteiger charge is 2.17. The van der Waals surface area contributed by atoms with Crippen LogP contribution in [0.2, 0.25) is 0 Å². The van der Waals surface area contributed by atoms with Gasteiger partial charge in [0, 0.05) is 28.4 Å². The van der Waals surface area contributed by atoms with Gasteiger partial charge >= 0.3 is 0 Å². The predicted octanol–water partition coefficient (Wildman–Crippen LogP) is 3.88. The van der Waals surface area contributed by atoms with Gasteiger partial charge in [0.1, 0.15) is 11.6 Å². The van der Waals surface area contributed by atoms with E-state index in [1.807, 2.05) is 36.4 Å². The van der Waals surface area contributed by atoms with Crippen molar-refractivity contribution in [3.8, 4) is 17.3 Å². The summed E-state index contributed by atoms with van der Waals surface area (Å²) in [6.07, 6.45) is 4.47. The van der Waals surface area contributed by atoms with Crippen LogP contribution in [0.25, 0.3) is 17.3 Å². The zero-order chi connectivity index (χ0) is 23.3. The van der Waals surface area contributed by atoms with Crippen molar-refractivity contribution in [3.63, 3.8) is 0 Å². The van der Waals surface area contributed by atoms with E-state index in [1.54, 1.807) is 5.38 Å². The van der Waals surface area contributed by atoms with Gasteiger partial charge in [0.2, 0.25) is 0 Å². The Labute approximate surface area is 193 Å². The Kier molecular flexibility index (Phi) is 6.30. The van der Waals surface area contributed by atoms with Crippen LogP contribution in [0, 0.1) is 11.3 Å². The molecule has 0 unspecified atom stereocenters. The van der Waals surface area contributed by atoms with Crippen molar-refractivity contribution >= 4 is 44.2 Å². The minimum atomic E-state index is -3.80. The molecule has 0 radical (unpaired) electrons. The minimum absolute atomic E-state index is 0.0117. The summed E-state index contributed by atoms with van der Waals surface area (Å²) in [4.78, 5) is 16.5. The van der Waals surface area contributed by atoms with E-state index in [0.717, 1.165) is 16.9 Å². The first-order valence-corrected chi connectivity index (χ1v) is 11.9. The number of hydrogen-bond donors (Lipinski definition) is 3. The quantitative estimate of drug-likeness (QED) is 0.273. The molecule has 33 heavy (non-hydrogen) atoms. The lowest BCUT2D eigenvalue weighted by atomic mass is 10.1. The van der Waals surface area contributed by atoms with Crippen molar-refractivity contribution in [1.29, 1.82) is 5.26 Å². The van der Waals surface area contributed by atoms with E-state index in [-0.39, 0.29) is 15.6 Å². The number of amides is 1. The summed E-state index contributed by atoms with van der Waals surface area (Å²) in [6, 6.07) is 16.9. The molecule has 0 bridgehead atoms. The zero-order valence-electron chi connectivity index (χ0n) is 16.9. The first-order valence-electron chi connectivity index (χ1n) is 9.50. The molecule has 0 atom stereocenters. The molecule has 4 aromatic rings. The third-order valence-corrected chi connectivity index (χ3v) is 6.65. The third kappa shape index (κ3) is 5.15. The van der Waals surface area contributed by atoms with Crippen LogP contribution in [0.15, 0.2) is 82.8 Å². The number of aromatic nitrogens is 3. The number of nitrogens with zero attached hydrogens (tertiary/aromatic N) is 3. The Hall–Kier alpha value is -4.27. The van der Waals surface area contributed by atoms with Crippen molar-refractivity contribution < 1.29 is 13.2 Å². The SMILES string of the molecule is N#CC(=Cc1cn[nH]c1-c1ccccc1)C(=O)Nc1ccc(S(=O)(=O)Nc2nccs2)cc1. The lowest BCUT2D eigenvalue weighted by Crippen LogP contribution is -2.15. The number of thiazole rings is 1. The standard InChI is InChI=1S/C22H16N6O3S2/c23-13-16(12-17-14-25-27-20(17)15-4-2-1-3-5-15)21(29)26-18-6-8-19(9-7-18)33(30,31)28-22-24-10-11-32-22/h1-12,14H,(H,24,28)(H,25,27)(H,26,29). The Bertz CT molecular complexity index is 1440. The number of nitriles is 1. The number of benzene rings is 2. The molecule has 9 nitrogen and oxygen atoms in total. The van der Waals surface area contributed by atoms with Crippen LogP contribution in [0.3, 0.4) is 0 Å². The average Bonchev–Trinajstić information content (AvgIpc) is 3.50.